The molecule has 0 heterocycles. The molecule has 152 valence electrons. The van der Waals surface area contributed by atoms with Crippen LogP contribution >= 0.6 is 0 Å². The number of hydrogen-bond acceptors (Lipinski definition) is 6. The molecule has 0 spiro atoms. The van der Waals surface area contributed by atoms with E-state index in [2.05, 4.69) is 5.32 Å². The van der Waals surface area contributed by atoms with Gasteiger partial charge in [-0.25, -0.2) is 13.6 Å². The summed E-state index contributed by atoms with van der Waals surface area (Å²) < 4.78 is 33.8. The van der Waals surface area contributed by atoms with Gasteiger partial charge in [-0.2, -0.15) is 0 Å². The van der Waals surface area contributed by atoms with Gasteiger partial charge in [0.25, 0.3) is 0 Å². The lowest BCUT2D eigenvalue weighted by Gasteiger charge is -2.18. The lowest BCUT2D eigenvalue weighted by atomic mass is 10.2. The average Bonchev–Trinajstić information content (AvgIpc) is 2.64. The monoisotopic (exact) mass is 407 g/mol. The number of anilines is 2. The van der Waals surface area contributed by atoms with E-state index in [0.29, 0.717) is 30.2 Å². The van der Waals surface area contributed by atoms with Crippen molar-refractivity contribution >= 4 is 27.3 Å². The van der Waals surface area contributed by atoms with E-state index in [1.165, 1.54) is 12.1 Å². The smallest absolute Gasteiger partial charge is 0.238 e. The first kappa shape index (κ1) is 21.5. The summed E-state index contributed by atoms with van der Waals surface area (Å²) in [4.78, 5) is 14.0. The van der Waals surface area contributed by atoms with Gasteiger partial charge in [-0.1, -0.05) is 0 Å². The first-order valence-electron chi connectivity index (χ1n) is 8.61. The number of carbonyl (C=O) groups is 1. The highest BCUT2D eigenvalue weighted by molar-refractivity contribution is 7.89. The molecule has 0 aromatic heterocycles. The number of nitrogens with zero attached hydrogens (tertiary/aromatic N) is 1. The van der Waals surface area contributed by atoms with Crippen LogP contribution in [0.5, 0.6) is 11.5 Å². The summed E-state index contributed by atoms with van der Waals surface area (Å²) >= 11 is 0. The van der Waals surface area contributed by atoms with Crippen molar-refractivity contribution in [2.45, 2.75) is 17.7 Å². The highest BCUT2D eigenvalue weighted by atomic mass is 32.2. The van der Waals surface area contributed by atoms with Crippen molar-refractivity contribution in [2.75, 3.05) is 38.0 Å². The summed E-state index contributed by atoms with van der Waals surface area (Å²) in [6.45, 7) is 0.373. The highest BCUT2D eigenvalue weighted by Gasteiger charge is 2.14. The predicted molar refractivity (Wildman–Crippen MR) is 108 cm³/mol. The van der Waals surface area contributed by atoms with Gasteiger partial charge in [0.15, 0.2) is 0 Å². The predicted octanol–water partition coefficient (Wildman–Crippen LogP) is 2.21. The lowest BCUT2D eigenvalue weighted by molar-refractivity contribution is -0.116. The van der Waals surface area contributed by atoms with Crippen molar-refractivity contribution in [1.82, 2.24) is 0 Å². The topological polar surface area (TPSA) is 111 Å². The number of ether oxygens (including phenoxy) is 2. The molecule has 9 heteroatoms. The fraction of sp³-hybridized carbons (Fsp3) is 0.316. The molecule has 0 aliphatic heterocycles. The molecule has 2 aromatic carbocycles. The average molecular weight is 407 g/mol. The number of benzene rings is 2. The molecule has 3 N–H and O–H groups in total. The summed E-state index contributed by atoms with van der Waals surface area (Å²) in [5, 5.41) is 7.92. The first-order chi connectivity index (χ1) is 13.2. The van der Waals surface area contributed by atoms with Crippen LogP contribution in [0.15, 0.2) is 47.4 Å². The van der Waals surface area contributed by atoms with Gasteiger partial charge < -0.3 is 19.7 Å². The Bertz CT molecular complexity index is 912. The summed E-state index contributed by atoms with van der Waals surface area (Å²) in [5.74, 6) is 1.19. The number of nitrogens with one attached hydrogen (secondary N) is 1. The van der Waals surface area contributed by atoms with E-state index >= 15 is 0 Å². The minimum absolute atomic E-state index is 0.0590. The zero-order chi connectivity index (χ0) is 20.7. The second-order valence-corrected chi connectivity index (χ2v) is 7.86. The minimum atomic E-state index is -3.86. The van der Waals surface area contributed by atoms with Crippen LogP contribution in [0.3, 0.4) is 0 Å². The Morgan fingerprint density at radius 1 is 1.11 bits per heavy atom. The molecule has 2 rings (SSSR count). The summed E-state index contributed by atoms with van der Waals surface area (Å²) in [7, 11) is 1.33. The fourth-order valence-corrected chi connectivity index (χ4v) is 3.03. The van der Waals surface area contributed by atoms with Crippen LogP contribution in [0.25, 0.3) is 0 Å². The number of nitrogens with two attached hydrogens (primary N) is 1. The van der Waals surface area contributed by atoms with Gasteiger partial charge in [-0.05, 0) is 48.9 Å². The van der Waals surface area contributed by atoms with Gasteiger partial charge >= 0.3 is 0 Å². The second kappa shape index (κ2) is 9.43. The Morgan fingerprint density at radius 3 is 2.32 bits per heavy atom. The van der Waals surface area contributed by atoms with E-state index in [1.807, 2.05) is 0 Å². The molecule has 0 aliphatic carbocycles. The Hall–Kier alpha value is -2.78. The standard InChI is InChI=1S/C19H25N3O5S/c1-22(2)18-11-10-16(28(20,24)25)13-17(18)21-19(23)5-4-12-27-15-8-6-14(26-3)7-9-15/h6-11,13H,4-5,12H2,1-3H3,(H,21,23)(H2,20,24,25). The van der Waals surface area contributed by atoms with E-state index in [9.17, 15) is 13.2 Å². The molecule has 0 bridgehead atoms. The maximum absolute atomic E-state index is 12.3. The molecule has 1 amide bonds. The number of rotatable bonds is 9. The van der Waals surface area contributed by atoms with Gasteiger partial charge in [0.05, 0.1) is 30.0 Å². The number of primary sulfonamides is 1. The third kappa shape index (κ3) is 6.14. The molecule has 0 saturated heterocycles. The molecule has 0 saturated carbocycles. The summed E-state index contributed by atoms with van der Waals surface area (Å²) in [6.07, 6.45) is 0.729. The van der Waals surface area contributed by atoms with E-state index in [1.54, 1.807) is 56.4 Å². The van der Waals surface area contributed by atoms with Crippen molar-refractivity contribution in [3.05, 3.63) is 42.5 Å². The largest absolute Gasteiger partial charge is 0.497 e. The number of amides is 1. The van der Waals surface area contributed by atoms with Gasteiger partial charge in [-0.15, -0.1) is 0 Å². The first-order valence-corrected chi connectivity index (χ1v) is 10.2. The molecular formula is C19H25N3O5S. The summed E-state index contributed by atoms with van der Waals surface area (Å²) in [6, 6.07) is 11.5. The number of sulfonamides is 1. The number of carbonyl (C=O) groups excluding carboxylic acids is 1. The quantitative estimate of drug-likeness (QED) is 0.617. The highest BCUT2D eigenvalue weighted by Crippen LogP contribution is 2.27. The van der Waals surface area contributed by atoms with E-state index in [0.717, 1.165) is 5.75 Å². The SMILES string of the molecule is COc1ccc(OCCCC(=O)Nc2cc(S(N)(=O)=O)ccc2N(C)C)cc1. The van der Waals surface area contributed by atoms with Crippen molar-refractivity contribution < 1.29 is 22.7 Å². The second-order valence-electron chi connectivity index (χ2n) is 6.29. The summed E-state index contributed by atoms with van der Waals surface area (Å²) in [5.41, 5.74) is 1.06. The van der Waals surface area contributed by atoms with Crippen molar-refractivity contribution in [1.29, 1.82) is 0 Å². The molecular weight excluding hydrogens is 382 g/mol. The molecule has 8 nitrogen and oxygen atoms in total. The lowest BCUT2D eigenvalue weighted by Crippen LogP contribution is -2.19. The van der Waals surface area contributed by atoms with Crippen LogP contribution in [0.2, 0.25) is 0 Å². The van der Waals surface area contributed by atoms with E-state index in [-0.39, 0.29) is 17.2 Å². The molecule has 0 atom stereocenters. The molecule has 0 unspecified atom stereocenters. The molecule has 0 aliphatic rings. The van der Waals surface area contributed by atoms with Crippen molar-refractivity contribution in [2.24, 2.45) is 5.14 Å². The van der Waals surface area contributed by atoms with E-state index in [4.69, 9.17) is 14.6 Å². The van der Waals surface area contributed by atoms with Gasteiger partial charge in [0.2, 0.25) is 15.9 Å². The Kier molecular flexibility index (Phi) is 7.24. The molecule has 28 heavy (non-hydrogen) atoms. The third-order valence-corrected chi connectivity index (χ3v) is 4.84. The van der Waals surface area contributed by atoms with Crippen molar-refractivity contribution in [3.8, 4) is 11.5 Å². The zero-order valence-corrected chi connectivity index (χ0v) is 17.0. The van der Waals surface area contributed by atoms with Gasteiger partial charge in [0, 0.05) is 20.5 Å². The molecule has 0 radical (unpaired) electrons. The van der Waals surface area contributed by atoms with Gasteiger partial charge in [-0.3, -0.25) is 4.79 Å². The van der Waals surface area contributed by atoms with Crippen LogP contribution in [0, 0.1) is 0 Å². The normalized spacial score (nSPS) is 11.0. The number of methoxy groups -OCH3 is 1. The maximum Gasteiger partial charge on any atom is 0.238 e. The maximum atomic E-state index is 12.3. The number of hydrogen-bond donors (Lipinski definition) is 2. The Morgan fingerprint density at radius 2 is 1.75 bits per heavy atom. The molecule has 2 aromatic rings. The Labute approximate surface area is 165 Å². The van der Waals surface area contributed by atoms with Gasteiger partial charge in [0.1, 0.15) is 11.5 Å². The zero-order valence-electron chi connectivity index (χ0n) is 16.1. The van der Waals surface area contributed by atoms with Crippen LogP contribution in [0.1, 0.15) is 12.8 Å². The Balaban J connectivity index is 1.92. The molecule has 0 fully saturated rings. The van der Waals surface area contributed by atoms with Crippen LogP contribution in [-0.4, -0.2) is 42.1 Å². The van der Waals surface area contributed by atoms with Crippen LogP contribution in [-0.2, 0) is 14.8 Å². The van der Waals surface area contributed by atoms with Crippen molar-refractivity contribution in [3.63, 3.8) is 0 Å². The fourth-order valence-electron chi connectivity index (χ4n) is 2.49. The third-order valence-electron chi connectivity index (χ3n) is 3.93. The van der Waals surface area contributed by atoms with Crippen LogP contribution < -0.4 is 24.8 Å². The van der Waals surface area contributed by atoms with Crippen LogP contribution in [0.4, 0.5) is 11.4 Å². The van der Waals surface area contributed by atoms with E-state index < -0.39 is 10.0 Å². The minimum Gasteiger partial charge on any atom is -0.497 e.